The van der Waals surface area contributed by atoms with E-state index in [2.05, 4.69) is 78.8 Å². The zero-order valence-corrected chi connectivity index (χ0v) is 14.9. The van der Waals surface area contributed by atoms with Gasteiger partial charge in [-0.15, -0.1) is 0 Å². The normalized spacial score (nSPS) is 11.6. The number of hydrogen-bond acceptors (Lipinski definition) is 1. The minimum Gasteiger partial charge on any atom is -0.397 e. The van der Waals surface area contributed by atoms with Crippen LogP contribution in [-0.4, -0.2) is 7.98 Å². The van der Waals surface area contributed by atoms with Gasteiger partial charge in [-0.05, 0) is 67.0 Å². The SMILES string of the molecule is [B]N(c1ccccc1C(C)(C)C)c1c(C)c(C)cc(C)c1C. The van der Waals surface area contributed by atoms with Gasteiger partial charge in [0.15, 0.2) is 0 Å². The molecule has 0 spiro atoms. The third-order valence-corrected chi connectivity index (χ3v) is 4.54. The largest absolute Gasteiger partial charge is 0.397 e. The Morgan fingerprint density at radius 1 is 0.864 bits per heavy atom. The van der Waals surface area contributed by atoms with E-state index in [1.54, 1.807) is 0 Å². The first-order chi connectivity index (χ1) is 10.1. The average molecular weight is 291 g/mol. The zero-order valence-electron chi connectivity index (χ0n) is 14.9. The van der Waals surface area contributed by atoms with Crippen LogP contribution < -0.4 is 4.81 Å². The number of rotatable bonds is 2. The average Bonchev–Trinajstić information content (AvgIpc) is 2.44. The molecule has 0 saturated heterocycles. The van der Waals surface area contributed by atoms with E-state index in [1.165, 1.54) is 27.8 Å². The molecule has 0 bridgehead atoms. The van der Waals surface area contributed by atoms with Crippen molar-refractivity contribution < 1.29 is 0 Å². The van der Waals surface area contributed by atoms with E-state index in [1.807, 2.05) is 4.81 Å². The molecule has 0 atom stereocenters. The van der Waals surface area contributed by atoms with Crippen LogP contribution in [0.4, 0.5) is 11.4 Å². The van der Waals surface area contributed by atoms with Gasteiger partial charge in [-0.3, -0.25) is 0 Å². The molecule has 2 radical (unpaired) electrons. The Morgan fingerprint density at radius 2 is 1.36 bits per heavy atom. The van der Waals surface area contributed by atoms with E-state index in [0.717, 1.165) is 11.4 Å². The Balaban J connectivity index is 2.67. The maximum atomic E-state index is 6.59. The van der Waals surface area contributed by atoms with Crippen molar-refractivity contribution in [1.29, 1.82) is 0 Å². The van der Waals surface area contributed by atoms with Gasteiger partial charge in [0.05, 0.1) is 0 Å². The third-order valence-electron chi connectivity index (χ3n) is 4.54. The molecule has 0 aromatic heterocycles. The van der Waals surface area contributed by atoms with Gasteiger partial charge in [0.1, 0.15) is 0 Å². The fourth-order valence-corrected chi connectivity index (χ4v) is 3.00. The molecule has 0 aliphatic rings. The summed E-state index contributed by atoms with van der Waals surface area (Å²) in [7, 11) is 6.59. The molecule has 2 heteroatoms. The summed E-state index contributed by atoms with van der Waals surface area (Å²) in [5.41, 5.74) is 8.55. The predicted molar refractivity (Wildman–Crippen MR) is 98.4 cm³/mol. The smallest absolute Gasteiger partial charge is 0.234 e. The summed E-state index contributed by atoms with van der Waals surface area (Å²) < 4.78 is 0. The first kappa shape index (κ1) is 16.7. The zero-order chi connectivity index (χ0) is 16.7. The second kappa shape index (κ2) is 5.83. The molecule has 0 amide bonds. The first-order valence-electron chi connectivity index (χ1n) is 7.86. The number of nitrogens with zero attached hydrogens (tertiary/aromatic N) is 1. The molecule has 22 heavy (non-hydrogen) atoms. The molecule has 1 nitrogen and oxygen atoms in total. The van der Waals surface area contributed by atoms with Gasteiger partial charge in [0.2, 0.25) is 7.98 Å². The van der Waals surface area contributed by atoms with Crippen LogP contribution in [0, 0.1) is 27.7 Å². The van der Waals surface area contributed by atoms with Gasteiger partial charge < -0.3 is 4.81 Å². The lowest BCUT2D eigenvalue weighted by molar-refractivity contribution is 0.591. The Bertz CT molecular complexity index is 669. The van der Waals surface area contributed by atoms with Gasteiger partial charge in [-0.2, -0.15) is 0 Å². The van der Waals surface area contributed by atoms with Crippen LogP contribution in [0.15, 0.2) is 30.3 Å². The molecule has 2 rings (SSSR count). The summed E-state index contributed by atoms with van der Waals surface area (Å²) in [5.74, 6) is 0. The highest BCUT2D eigenvalue weighted by Gasteiger charge is 2.21. The number of hydrogen-bond donors (Lipinski definition) is 0. The van der Waals surface area contributed by atoms with Crippen molar-refractivity contribution in [3.63, 3.8) is 0 Å². The minimum atomic E-state index is 0.0505. The van der Waals surface area contributed by atoms with Crippen molar-refractivity contribution >= 4 is 19.4 Å². The van der Waals surface area contributed by atoms with Gasteiger partial charge in [0.25, 0.3) is 0 Å². The van der Waals surface area contributed by atoms with Crippen molar-refractivity contribution in [1.82, 2.24) is 0 Å². The highest BCUT2D eigenvalue weighted by Crippen LogP contribution is 2.38. The van der Waals surface area contributed by atoms with Crippen LogP contribution in [0.1, 0.15) is 48.6 Å². The molecule has 114 valence electrons. The Morgan fingerprint density at radius 3 is 1.86 bits per heavy atom. The number of anilines is 2. The lowest BCUT2D eigenvalue weighted by atomic mass is 9.84. The molecule has 0 saturated carbocycles. The van der Waals surface area contributed by atoms with Gasteiger partial charge in [-0.1, -0.05) is 45.0 Å². The van der Waals surface area contributed by atoms with Crippen molar-refractivity contribution in [3.05, 3.63) is 58.1 Å². The van der Waals surface area contributed by atoms with E-state index >= 15 is 0 Å². The molecular weight excluding hydrogens is 265 g/mol. The third kappa shape index (κ3) is 2.92. The van der Waals surface area contributed by atoms with E-state index in [0.29, 0.717) is 0 Å². The topological polar surface area (TPSA) is 3.24 Å². The summed E-state index contributed by atoms with van der Waals surface area (Å²) in [5, 5.41) is 0. The number of para-hydroxylation sites is 1. The van der Waals surface area contributed by atoms with Crippen LogP contribution in [0.25, 0.3) is 0 Å². The Kier molecular flexibility index (Phi) is 4.42. The second-order valence-electron chi connectivity index (χ2n) is 7.25. The molecule has 2 aromatic rings. The van der Waals surface area contributed by atoms with Crippen LogP contribution >= 0.6 is 0 Å². The molecule has 0 aliphatic carbocycles. The van der Waals surface area contributed by atoms with Crippen LogP contribution in [0.3, 0.4) is 0 Å². The van der Waals surface area contributed by atoms with Gasteiger partial charge >= 0.3 is 0 Å². The van der Waals surface area contributed by atoms with Crippen molar-refractivity contribution in [2.45, 2.75) is 53.9 Å². The van der Waals surface area contributed by atoms with Gasteiger partial charge in [-0.25, -0.2) is 0 Å². The summed E-state index contributed by atoms with van der Waals surface area (Å²) >= 11 is 0. The van der Waals surface area contributed by atoms with Gasteiger partial charge in [0, 0.05) is 11.4 Å². The van der Waals surface area contributed by atoms with Crippen molar-refractivity contribution in [2.24, 2.45) is 0 Å². The molecule has 0 unspecified atom stereocenters. The lowest BCUT2D eigenvalue weighted by Gasteiger charge is -2.32. The fraction of sp³-hybridized carbons (Fsp3) is 0.400. The molecule has 0 heterocycles. The molecule has 0 N–H and O–H groups in total. The molecular formula is C20H26BN. The summed E-state index contributed by atoms with van der Waals surface area (Å²) in [4.78, 5) is 1.87. The second-order valence-corrected chi connectivity index (χ2v) is 7.25. The van der Waals surface area contributed by atoms with Crippen molar-refractivity contribution in [3.8, 4) is 0 Å². The van der Waals surface area contributed by atoms with E-state index in [9.17, 15) is 0 Å². The molecule has 0 aliphatic heterocycles. The standard InChI is InChI=1S/C20H26BN/c1-13-12-14(2)16(4)19(15(13)3)22(21)18-11-9-8-10-17(18)20(5,6)7/h8-12H,1-7H3. The van der Waals surface area contributed by atoms with Crippen molar-refractivity contribution in [2.75, 3.05) is 4.81 Å². The fourth-order valence-electron chi connectivity index (χ4n) is 3.00. The van der Waals surface area contributed by atoms with Crippen LogP contribution in [0.2, 0.25) is 0 Å². The summed E-state index contributed by atoms with van der Waals surface area (Å²) in [6.45, 7) is 15.3. The predicted octanol–water partition coefficient (Wildman–Crippen LogP) is 5.44. The number of benzene rings is 2. The molecule has 2 aromatic carbocycles. The van der Waals surface area contributed by atoms with Crippen LogP contribution in [0.5, 0.6) is 0 Å². The lowest BCUT2D eigenvalue weighted by Crippen LogP contribution is -2.21. The first-order valence-corrected chi connectivity index (χ1v) is 7.86. The van der Waals surface area contributed by atoms with E-state index in [-0.39, 0.29) is 5.41 Å². The maximum Gasteiger partial charge on any atom is 0.234 e. The summed E-state index contributed by atoms with van der Waals surface area (Å²) in [6, 6.07) is 10.6. The minimum absolute atomic E-state index is 0.0505. The van der Waals surface area contributed by atoms with E-state index < -0.39 is 0 Å². The Hall–Kier alpha value is -1.70. The monoisotopic (exact) mass is 291 g/mol. The highest BCUT2D eigenvalue weighted by molar-refractivity contribution is 6.23. The quantitative estimate of drug-likeness (QED) is 0.666. The maximum absolute atomic E-state index is 6.59. The summed E-state index contributed by atoms with van der Waals surface area (Å²) in [6.07, 6.45) is 0. The molecule has 0 fully saturated rings. The number of aryl methyl sites for hydroxylation is 2. The Labute approximate surface area is 136 Å². The van der Waals surface area contributed by atoms with E-state index in [4.69, 9.17) is 7.98 Å². The highest BCUT2D eigenvalue weighted by atomic mass is 15.0. The van der Waals surface area contributed by atoms with Crippen LogP contribution in [-0.2, 0) is 5.41 Å².